The van der Waals surface area contributed by atoms with Crippen molar-refractivity contribution in [1.82, 2.24) is 0 Å². The van der Waals surface area contributed by atoms with E-state index in [0.29, 0.717) is 0 Å². The van der Waals surface area contributed by atoms with E-state index in [-0.39, 0.29) is 42.8 Å². The number of hydrogen-bond acceptors (Lipinski definition) is 4. The Balaban J connectivity index is 0. The topological polar surface area (TPSA) is 52.6 Å². The van der Waals surface area contributed by atoms with Crippen molar-refractivity contribution in [2.75, 3.05) is 13.2 Å². The monoisotopic (exact) mass is 621 g/mol. The maximum absolute atomic E-state index is 11.9. The molecule has 0 bridgehead atoms. The van der Waals surface area contributed by atoms with Gasteiger partial charge in [0.2, 0.25) is 0 Å². The van der Waals surface area contributed by atoms with Crippen molar-refractivity contribution in [3.8, 4) is 0 Å². The van der Waals surface area contributed by atoms with Crippen molar-refractivity contribution < 1.29 is 46.3 Å². The standard InChI is InChI=1S/C36H70O4S.Na/c1-3-5-7-9-11-13-15-17-19-21-23-25-27-29-31-33-35-39-41(37,38)40-36-34-32-30-28-26-24-22-20-18-16-14-12-10-8-6-4-2;/h17-20H,3-16,21-36H2,1-2H3;/q;+1/b19-17-,20-18-;. The predicted molar refractivity (Wildman–Crippen MR) is 180 cm³/mol. The third kappa shape index (κ3) is 38.4. The van der Waals surface area contributed by atoms with Crippen molar-refractivity contribution in [1.29, 1.82) is 0 Å². The zero-order chi connectivity index (χ0) is 30.0. The van der Waals surface area contributed by atoms with Gasteiger partial charge >= 0.3 is 40.0 Å². The van der Waals surface area contributed by atoms with Crippen molar-refractivity contribution in [3.05, 3.63) is 24.3 Å². The molecule has 4 nitrogen and oxygen atoms in total. The molecule has 0 fully saturated rings. The van der Waals surface area contributed by atoms with Gasteiger partial charge in [-0.2, -0.15) is 8.42 Å². The van der Waals surface area contributed by atoms with Gasteiger partial charge in [0.15, 0.2) is 0 Å². The smallest absolute Gasteiger partial charge is 0.248 e. The van der Waals surface area contributed by atoms with E-state index in [4.69, 9.17) is 8.37 Å². The van der Waals surface area contributed by atoms with Crippen molar-refractivity contribution >= 4 is 10.4 Å². The summed E-state index contributed by atoms with van der Waals surface area (Å²) in [6.07, 6.45) is 43.9. The molecule has 0 amide bonds. The first-order valence-corrected chi connectivity index (χ1v) is 19.3. The van der Waals surface area contributed by atoms with Crippen LogP contribution in [0.25, 0.3) is 0 Å². The van der Waals surface area contributed by atoms with Crippen molar-refractivity contribution in [2.45, 2.75) is 194 Å². The maximum atomic E-state index is 11.9. The Hall–Kier alpha value is 0.350. The first-order valence-electron chi connectivity index (χ1n) is 18.0. The van der Waals surface area contributed by atoms with Crippen LogP contribution in [0, 0.1) is 0 Å². The van der Waals surface area contributed by atoms with Crippen LogP contribution in [0.5, 0.6) is 0 Å². The second-order valence-electron chi connectivity index (χ2n) is 11.9. The molecule has 0 rings (SSSR count). The Labute approximate surface area is 286 Å². The van der Waals surface area contributed by atoms with Crippen LogP contribution < -0.4 is 29.6 Å². The molecular formula is C36H70NaO4S+. The Morgan fingerprint density at radius 2 is 0.619 bits per heavy atom. The van der Waals surface area contributed by atoms with Gasteiger partial charge in [0.25, 0.3) is 0 Å². The van der Waals surface area contributed by atoms with Crippen LogP contribution in [0.15, 0.2) is 24.3 Å². The first kappa shape index (κ1) is 44.5. The van der Waals surface area contributed by atoms with E-state index < -0.39 is 10.4 Å². The summed E-state index contributed by atoms with van der Waals surface area (Å²) in [7, 11) is -3.84. The molecule has 6 heteroatoms. The van der Waals surface area contributed by atoms with Crippen molar-refractivity contribution in [2.24, 2.45) is 0 Å². The molecule has 0 N–H and O–H groups in total. The summed E-state index contributed by atoms with van der Waals surface area (Å²) in [4.78, 5) is 0. The van der Waals surface area contributed by atoms with Crippen LogP contribution in [0.1, 0.15) is 194 Å². The number of allylic oxidation sites excluding steroid dienone is 4. The van der Waals surface area contributed by atoms with E-state index in [9.17, 15) is 8.42 Å². The SMILES string of the molecule is CCCCCCCC/C=C\CCCCCCCCOS(=O)(=O)OCCCCCCCC/C=C\CCCCCCCC.[Na+]. The molecule has 0 spiro atoms. The molecule has 0 atom stereocenters. The molecule has 0 heterocycles. The van der Waals surface area contributed by atoms with Gasteiger partial charge in [-0.05, 0) is 64.2 Å². The van der Waals surface area contributed by atoms with Crippen molar-refractivity contribution in [3.63, 3.8) is 0 Å². The number of hydrogen-bond donors (Lipinski definition) is 0. The third-order valence-corrected chi connectivity index (χ3v) is 8.68. The van der Waals surface area contributed by atoms with E-state index in [2.05, 4.69) is 38.2 Å². The Morgan fingerprint density at radius 3 is 0.905 bits per heavy atom. The summed E-state index contributed by atoms with van der Waals surface area (Å²) in [6.45, 7) is 5.00. The summed E-state index contributed by atoms with van der Waals surface area (Å²) < 4.78 is 33.8. The molecule has 0 unspecified atom stereocenters. The van der Waals surface area contributed by atoms with Crippen LogP contribution in [0.3, 0.4) is 0 Å². The van der Waals surface area contributed by atoms with Gasteiger partial charge in [-0.15, -0.1) is 0 Å². The zero-order valence-electron chi connectivity index (χ0n) is 28.6. The van der Waals surface area contributed by atoms with Crippen LogP contribution >= 0.6 is 0 Å². The van der Waals surface area contributed by atoms with Crippen LogP contribution in [-0.4, -0.2) is 21.6 Å². The molecule has 0 saturated carbocycles. The van der Waals surface area contributed by atoms with Gasteiger partial charge < -0.3 is 0 Å². The minimum Gasteiger partial charge on any atom is -0.248 e. The molecule has 244 valence electrons. The fourth-order valence-corrected chi connectivity index (χ4v) is 5.77. The van der Waals surface area contributed by atoms with Crippen LogP contribution in [0.4, 0.5) is 0 Å². The second-order valence-corrected chi connectivity index (χ2v) is 13.2. The summed E-state index contributed by atoms with van der Waals surface area (Å²) in [6, 6.07) is 0. The second kappa shape index (κ2) is 37.5. The fourth-order valence-electron chi connectivity index (χ4n) is 5.06. The third-order valence-electron chi connectivity index (χ3n) is 7.77. The van der Waals surface area contributed by atoms with Gasteiger partial charge in [-0.25, -0.2) is 8.37 Å². The number of rotatable bonds is 34. The summed E-state index contributed by atoms with van der Waals surface area (Å²) in [5.41, 5.74) is 0. The molecule has 0 aliphatic heterocycles. The van der Waals surface area contributed by atoms with Gasteiger partial charge in [0.1, 0.15) is 0 Å². The molecule has 0 aromatic carbocycles. The largest absolute Gasteiger partial charge is 1.00 e. The normalized spacial score (nSPS) is 12.0. The minimum absolute atomic E-state index is 0. The van der Waals surface area contributed by atoms with E-state index in [1.54, 1.807) is 0 Å². The molecule has 0 aromatic rings. The van der Waals surface area contributed by atoms with Gasteiger partial charge in [0.05, 0.1) is 13.2 Å². The van der Waals surface area contributed by atoms with E-state index in [1.165, 1.54) is 141 Å². The van der Waals surface area contributed by atoms with Gasteiger partial charge in [-0.3, -0.25) is 0 Å². The summed E-state index contributed by atoms with van der Waals surface area (Å²) in [5.74, 6) is 0. The maximum Gasteiger partial charge on any atom is 1.00 e. The molecular weight excluding hydrogens is 551 g/mol. The Bertz CT molecular complexity index is 613. The van der Waals surface area contributed by atoms with E-state index in [0.717, 1.165) is 38.5 Å². The molecule has 0 saturated heterocycles. The fraction of sp³-hybridized carbons (Fsp3) is 0.889. The van der Waals surface area contributed by atoms with E-state index >= 15 is 0 Å². The summed E-state index contributed by atoms with van der Waals surface area (Å²) in [5, 5.41) is 0. The Morgan fingerprint density at radius 1 is 0.381 bits per heavy atom. The van der Waals surface area contributed by atoms with Crippen LogP contribution in [0.2, 0.25) is 0 Å². The average molecular weight is 622 g/mol. The quantitative estimate of drug-likeness (QED) is 0.0408. The molecule has 0 aliphatic carbocycles. The van der Waals surface area contributed by atoms with Crippen LogP contribution in [-0.2, 0) is 18.8 Å². The molecule has 0 aliphatic rings. The van der Waals surface area contributed by atoms with E-state index in [1.807, 2.05) is 0 Å². The molecule has 0 radical (unpaired) electrons. The average Bonchev–Trinajstić information content (AvgIpc) is 2.96. The van der Waals surface area contributed by atoms with Gasteiger partial charge in [-0.1, -0.05) is 154 Å². The minimum atomic E-state index is -3.84. The number of unbranched alkanes of at least 4 members (excludes halogenated alkanes) is 24. The molecule has 42 heavy (non-hydrogen) atoms. The Kier molecular flexibility index (Phi) is 39.7. The summed E-state index contributed by atoms with van der Waals surface area (Å²) >= 11 is 0. The first-order chi connectivity index (χ1) is 20.1. The zero-order valence-corrected chi connectivity index (χ0v) is 31.4. The predicted octanol–water partition coefficient (Wildman–Crippen LogP) is 9.34. The van der Waals surface area contributed by atoms with Gasteiger partial charge in [0, 0.05) is 0 Å². The molecule has 0 aromatic heterocycles.